The Balaban J connectivity index is 2.15. The number of nitrogens with zero attached hydrogens (tertiary/aromatic N) is 2. The summed E-state index contributed by atoms with van der Waals surface area (Å²) in [5.41, 5.74) is 0.825. The van der Waals surface area contributed by atoms with Gasteiger partial charge in [-0.15, -0.1) is 0 Å². The molecule has 1 aromatic heterocycles. The number of halogens is 1. The van der Waals surface area contributed by atoms with E-state index in [-0.39, 0.29) is 0 Å². The van der Waals surface area contributed by atoms with E-state index in [4.69, 9.17) is 16.0 Å². The summed E-state index contributed by atoms with van der Waals surface area (Å²) >= 11 is 5.83. The van der Waals surface area contributed by atoms with Gasteiger partial charge in [0.25, 0.3) is 0 Å². The maximum atomic E-state index is 11.8. The van der Waals surface area contributed by atoms with Crippen LogP contribution in [0.4, 0.5) is 0 Å². The molecule has 2 aromatic rings. The summed E-state index contributed by atoms with van der Waals surface area (Å²) in [5, 5.41) is 0.655. The number of rotatable bonds is 3. The van der Waals surface area contributed by atoms with Crippen LogP contribution in [0.3, 0.4) is 0 Å². The monoisotopic (exact) mass is 310 g/mol. The standard InChI is InChI=1S/C14H15ClN2O2S/c1-14(2,3)20(18)17-9-12-8-16-13(19-12)10-4-6-11(15)7-5-10/h4-9H,1-3H3/t20-/m0/s1. The van der Waals surface area contributed by atoms with E-state index in [1.165, 1.54) is 6.21 Å². The van der Waals surface area contributed by atoms with Crippen molar-refractivity contribution in [2.24, 2.45) is 4.40 Å². The number of hydrogen-bond donors (Lipinski definition) is 0. The molecule has 0 radical (unpaired) electrons. The van der Waals surface area contributed by atoms with Crippen LogP contribution in [0.5, 0.6) is 0 Å². The first-order valence-electron chi connectivity index (χ1n) is 6.04. The van der Waals surface area contributed by atoms with E-state index < -0.39 is 15.7 Å². The maximum absolute atomic E-state index is 11.8. The lowest BCUT2D eigenvalue weighted by Crippen LogP contribution is -2.19. The van der Waals surface area contributed by atoms with Crippen molar-refractivity contribution in [1.82, 2.24) is 4.98 Å². The van der Waals surface area contributed by atoms with Gasteiger partial charge in [-0.2, -0.15) is 4.40 Å². The van der Waals surface area contributed by atoms with Crippen molar-refractivity contribution in [2.75, 3.05) is 0 Å². The van der Waals surface area contributed by atoms with Gasteiger partial charge in [0.05, 0.1) is 17.2 Å². The molecule has 0 saturated heterocycles. The molecule has 1 heterocycles. The van der Waals surface area contributed by atoms with Crippen LogP contribution in [-0.4, -0.2) is 20.2 Å². The van der Waals surface area contributed by atoms with Gasteiger partial charge in [0.1, 0.15) is 11.0 Å². The molecule has 0 aliphatic rings. The van der Waals surface area contributed by atoms with Crippen molar-refractivity contribution in [2.45, 2.75) is 25.5 Å². The van der Waals surface area contributed by atoms with Crippen LogP contribution in [0.15, 0.2) is 39.3 Å². The third-order valence-electron chi connectivity index (χ3n) is 2.41. The highest BCUT2D eigenvalue weighted by Crippen LogP contribution is 2.21. The maximum Gasteiger partial charge on any atom is 0.226 e. The van der Waals surface area contributed by atoms with E-state index in [1.807, 2.05) is 32.9 Å². The summed E-state index contributed by atoms with van der Waals surface area (Å²) in [6.45, 7) is 5.58. The van der Waals surface area contributed by atoms with Crippen LogP contribution < -0.4 is 0 Å². The molecular formula is C14H15ClN2O2S. The SMILES string of the molecule is CC(C)(C)[S@](=O)N=Cc1cnc(-c2ccc(Cl)cc2)o1. The van der Waals surface area contributed by atoms with Gasteiger partial charge in [-0.3, -0.25) is 0 Å². The molecule has 0 fully saturated rings. The lowest BCUT2D eigenvalue weighted by molar-refractivity contribution is 0.568. The number of oxazole rings is 1. The molecule has 0 aliphatic heterocycles. The molecule has 2 rings (SSSR count). The normalized spacial score (nSPS) is 13.8. The quantitative estimate of drug-likeness (QED) is 0.808. The summed E-state index contributed by atoms with van der Waals surface area (Å²) in [7, 11) is -1.31. The van der Waals surface area contributed by atoms with Gasteiger partial charge in [-0.05, 0) is 45.0 Å². The Labute approximate surface area is 125 Å². The predicted molar refractivity (Wildman–Crippen MR) is 82.4 cm³/mol. The Morgan fingerprint density at radius 1 is 1.30 bits per heavy atom. The first-order chi connectivity index (χ1) is 9.36. The zero-order chi connectivity index (χ0) is 14.8. The highest BCUT2D eigenvalue weighted by molar-refractivity contribution is 7.85. The molecule has 4 nitrogen and oxygen atoms in total. The first-order valence-corrected chi connectivity index (χ1v) is 7.52. The van der Waals surface area contributed by atoms with E-state index in [9.17, 15) is 4.21 Å². The average Bonchev–Trinajstić information content (AvgIpc) is 2.84. The molecule has 0 unspecified atom stereocenters. The fourth-order valence-electron chi connectivity index (χ4n) is 1.33. The van der Waals surface area contributed by atoms with Gasteiger partial charge < -0.3 is 4.42 Å². The third kappa shape index (κ3) is 3.77. The fourth-order valence-corrected chi connectivity index (χ4v) is 1.97. The lowest BCUT2D eigenvalue weighted by atomic mass is 10.2. The summed E-state index contributed by atoms with van der Waals surface area (Å²) in [5.74, 6) is 0.942. The largest absolute Gasteiger partial charge is 0.435 e. The number of aromatic nitrogens is 1. The minimum Gasteiger partial charge on any atom is -0.435 e. The van der Waals surface area contributed by atoms with Gasteiger partial charge in [-0.1, -0.05) is 11.6 Å². The minimum atomic E-state index is -1.31. The molecule has 0 aliphatic carbocycles. The van der Waals surface area contributed by atoms with Crippen LogP contribution in [0.2, 0.25) is 5.02 Å². The molecule has 0 N–H and O–H groups in total. The second kappa shape index (κ2) is 5.89. The van der Waals surface area contributed by atoms with E-state index in [0.717, 1.165) is 5.56 Å². The van der Waals surface area contributed by atoms with Crippen LogP contribution >= 0.6 is 11.6 Å². The summed E-state index contributed by atoms with van der Waals surface area (Å²) in [4.78, 5) is 4.16. The van der Waals surface area contributed by atoms with Crippen molar-refractivity contribution >= 4 is 28.8 Å². The van der Waals surface area contributed by atoms with Gasteiger partial charge >= 0.3 is 0 Å². The van der Waals surface area contributed by atoms with E-state index in [1.54, 1.807) is 18.3 Å². The Morgan fingerprint density at radius 2 is 1.95 bits per heavy atom. The second-order valence-electron chi connectivity index (χ2n) is 5.17. The van der Waals surface area contributed by atoms with E-state index in [0.29, 0.717) is 16.7 Å². The molecule has 1 aromatic carbocycles. The van der Waals surface area contributed by atoms with Crippen molar-refractivity contribution in [3.05, 3.63) is 41.2 Å². The minimum absolute atomic E-state index is 0.393. The van der Waals surface area contributed by atoms with E-state index in [2.05, 4.69) is 9.38 Å². The molecule has 0 amide bonds. The summed E-state index contributed by atoms with van der Waals surface area (Å²) < 4.78 is 20.9. The highest BCUT2D eigenvalue weighted by atomic mass is 35.5. The number of benzene rings is 1. The number of hydrogen-bond acceptors (Lipinski definition) is 3. The molecule has 1 atom stereocenters. The van der Waals surface area contributed by atoms with Crippen LogP contribution in [-0.2, 0) is 11.0 Å². The van der Waals surface area contributed by atoms with Crippen LogP contribution in [0.1, 0.15) is 26.5 Å². The lowest BCUT2D eigenvalue weighted by Gasteiger charge is -2.12. The van der Waals surface area contributed by atoms with Crippen molar-refractivity contribution in [3.63, 3.8) is 0 Å². The summed E-state index contributed by atoms with van der Waals surface area (Å²) in [6, 6.07) is 7.18. The Kier molecular flexibility index (Phi) is 4.40. The fraction of sp³-hybridized carbons (Fsp3) is 0.286. The molecule has 0 bridgehead atoms. The van der Waals surface area contributed by atoms with Gasteiger partial charge in [0.2, 0.25) is 5.89 Å². The second-order valence-corrected chi connectivity index (χ2v) is 7.54. The van der Waals surface area contributed by atoms with Crippen molar-refractivity contribution in [3.8, 4) is 11.5 Å². The Hall–Kier alpha value is -1.46. The third-order valence-corrected chi connectivity index (χ3v) is 4.01. The van der Waals surface area contributed by atoms with Crippen molar-refractivity contribution < 1.29 is 8.63 Å². The Bertz CT molecular complexity index is 642. The summed E-state index contributed by atoms with van der Waals surface area (Å²) in [6.07, 6.45) is 2.99. The predicted octanol–water partition coefficient (Wildman–Crippen LogP) is 3.88. The van der Waals surface area contributed by atoms with Crippen molar-refractivity contribution in [1.29, 1.82) is 0 Å². The van der Waals surface area contributed by atoms with Gasteiger partial charge in [0, 0.05) is 10.6 Å². The molecule has 20 heavy (non-hydrogen) atoms. The van der Waals surface area contributed by atoms with E-state index >= 15 is 0 Å². The zero-order valence-corrected chi connectivity index (χ0v) is 13.0. The molecule has 0 spiro atoms. The van der Waals surface area contributed by atoms with Gasteiger partial charge in [0.15, 0.2) is 5.76 Å². The van der Waals surface area contributed by atoms with Crippen LogP contribution in [0, 0.1) is 0 Å². The topological polar surface area (TPSA) is 55.5 Å². The first kappa shape index (κ1) is 14.9. The van der Waals surface area contributed by atoms with Gasteiger partial charge in [-0.25, -0.2) is 9.19 Å². The Morgan fingerprint density at radius 3 is 2.55 bits per heavy atom. The average molecular weight is 311 g/mol. The highest BCUT2D eigenvalue weighted by Gasteiger charge is 2.18. The molecule has 6 heteroatoms. The smallest absolute Gasteiger partial charge is 0.226 e. The van der Waals surface area contributed by atoms with Crippen LogP contribution in [0.25, 0.3) is 11.5 Å². The molecule has 106 valence electrons. The molecule has 0 saturated carbocycles. The zero-order valence-electron chi connectivity index (χ0n) is 11.5. The molecular weight excluding hydrogens is 296 g/mol.